The Labute approximate surface area is 422 Å². The molecule has 8 heteroatoms. The third kappa shape index (κ3) is 7.00. The molecule has 6 nitrogen and oxygen atoms in total. The SMILES string of the molecule is CC(C)(C)c1ccnc(-n2c3[c-]c(Oc4[c-]c(N5[CH-]N(c6cc7c8c(c6)C(C)(C)c6ccccc6N8c6ccccc6S7)c6ccccc65)ccc4)ccc3c3cc(-c4ccccc4)ccc32)c1.[Pt]. The van der Waals surface area contributed by atoms with Crippen molar-refractivity contribution in [3.63, 3.8) is 0 Å². The van der Waals surface area contributed by atoms with E-state index in [4.69, 9.17) is 9.72 Å². The number of benzene rings is 8. The maximum atomic E-state index is 6.73. The molecule has 0 aliphatic carbocycles. The van der Waals surface area contributed by atoms with Gasteiger partial charge in [-0.3, -0.25) is 0 Å². The first-order valence-electron chi connectivity index (χ1n) is 23.2. The van der Waals surface area contributed by atoms with Crippen molar-refractivity contribution in [1.82, 2.24) is 9.55 Å². The zero-order valence-corrected chi connectivity index (χ0v) is 41.9. The van der Waals surface area contributed by atoms with Crippen molar-refractivity contribution >= 4 is 73.4 Å². The molecular formula is C61H46N5OPtS-3. The van der Waals surface area contributed by atoms with Gasteiger partial charge in [-0.15, -0.1) is 48.1 Å². The van der Waals surface area contributed by atoms with Crippen LogP contribution in [0.15, 0.2) is 192 Å². The standard InChI is InChI=1S/C61H46N5OS.Pt/c1-60(2,3)41-30-31-62-58(33-41)65-50-29-26-40(39-16-7-6-8-17-39)32-47(50)46-28-27-45(37-55(46)65)67-44-19-15-18-42(34-44)63-38-64(53-23-12-11-22-52(53)63)43-35-49-59-57(36-43)68-56-25-14-13-24-54(56)66(59)51-21-10-9-20-48(51)61(49,4)5;/h6-33,35-36,38H,1-5H3;/q-3;. The van der Waals surface area contributed by atoms with E-state index in [0.717, 1.165) is 55.9 Å². The minimum atomic E-state index is -0.231. The summed E-state index contributed by atoms with van der Waals surface area (Å²) in [6.07, 6.45) is 1.91. The van der Waals surface area contributed by atoms with E-state index in [-0.39, 0.29) is 31.9 Å². The Morgan fingerprint density at radius 2 is 1.32 bits per heavy atom. The number of aromatic nitrogens is 2. The van der Waals surface area contributed by atoms with Crippen LogP contribution in [0.1, 0.15) is 51.3 Å². The quantitative estimate of drug-likeness (QED) is 0.155. The molecule has 2 aromatic heterocycles. The summed E-state index contributed by atoms with van der Waals surface area (Å²) in [7, 11) is 0. The Balaban J connectivity index is 0.00000492. The van der Waals surface area contributed by atoms with E-state index < -0.39 is 0 Å². The van der Waals surface area contributed by atoms with Gasteiger partial charge in [0.05, 0.1) is 17.1 Å². The molecule has 5 heterocycles. The Morgan fingerprint density at radius 3 is 2.13 bits per heavy atom. The van der Waals surface area contributed by atoms with Gasteiger partial charge in [0.1, 0.15) is 5.82 Å². The normalized spacial score (nSPS) is 14.2. The zero-order chi connectivity index (χ0) is 45.9. The monoisotopic (exact) mass is 1090 g/mol. The third-order valence-corrected chi connectivity index (χ3v) is 14.9. The van der Waals surface area contributed by atoms with Crippen LogP contribution in [0.25, 0.3) is 38.8 Å². The van der Waals surface area contributed by atoms with E-state index in [1.807, 2.05) is 36.2 Å². The number of hydrogen-bond donors (Lipinski definition) is 0. The second kappa shape index (κ2) is 16.3. The largest absolute Gasteiger partial charge is 0.509 e. The Kier molecular flexibility index (Phi) is 10.2. The van der Waals surface area contributed by atoms with Crippen LogP contribution in [0.3, 0.4) is 0 Å². The molecule has 0 bridgehead atoms. The fraction of sp³-hybridized carbons (Fsp3) is 0.115. The molecule has 0 unspecified atom stereocenters. The number of anilines is 7. The van der Waals surface area contributed by atoms with Crippen LogP contribution in [0.5, 0.6) is 11.5 Å². The first-order chi connectivity index (χ1) is 33.1. The van der Waals surface area contributed by atoms with Crippen molar-refractivity contribution in [2.24, 2.45) is 0 Å². The van der Waals surface area contributed by atoms with Gasteiger partial charge in [0.25, 0.3) is 0 Å². The van der Waals surface area contributed by atoms with Crippen LogP contribution in [0.4, 0.5) is 39.8 Å². The number of pyridine rings is 1. The molecule has 0 amide bonds. The van der Waals surface area contributed by atoms with Gasteiger partial charge in [-0.05, 0) is 99.3 Å². The van der Waals surface area contributed by atoms with Crippen molar-refractivity contribution in [3.8, 4) is 28.4 Å². The number of para-hydroxylation sites is 4. The average Bonchev–Trinajstić information content (AvgIpc) is 3.91. The van der Waals surface area contributed by atoms with Gasteiger partial charge in [-0.25, -0.2) is 4.98 Å². The maximum absolute atomic E-state index is 6.73. The number of hydrogen-bond acceptors (Lipinski definition) is 6. The van der Waals surface area contributed by atoms with Crippen LogP contribution < -0.4 is 19.4 Å². The molecule has 13 rings (SSSR count). The molecule has 0 atom stereocenters. The molecule has 0 saturated carbocycles. The first kappa shape index (κ1) is 43.2. The Morgan fingerprint density at radius 1 is 0.594 bits per heavy atom. The fourth-order valence-electron chi connectivity index (χ4n) is 10.4. The summed E-state index contributed by atoms with van der Waals surface area (Å²) in [5.74, 6) is 2.04. The summed E-state index contributed by atoms with van der Waals surface area (Å²) in [6, 6.07) is 70.1. The average molecular weight is 1090 g/mol. The van der Waals surface area contributed by atoms with Gasteiger partial charge in [-0.2, -0.15) is 12.1 Å². The Bertz CT molecular complexity index is 3670. The van der Waals surface area contributed by atoms with E-state index in [1.54, 1.807) is 0 Å². The third-order valence-electron chi connectivity index (χ3n) is 13.8. The van der Waals surface area contributed by atoms with Gasteiger partial charge >= 0.3 is 0 Å². The maximum Gasteiger partial charge on any atom is 0.135 e. The van der Waals surface area contributed by atoms with Gasteiger partial charge < -0.3 is 24.0 Å². The molecule has 3 aliphatic heterocycles. The predicted octanol–water partition coefficient (Wildman–Crippen LogP) is 16.5. The molecule has 10 aromatic rings. The summed E-state index contributed by atoms with van der Waals surface area (Å²) in [5.41, 5.74) is 15.7. The van der Waals surface area contributed by atoms with Gasteiger partial charge in [-0.1, -0.05) is 137 Å². The van der Waals surface area contributed by atoms with Crippen LogP contribution >= 0.6 is 11.8 Å². The van der Waals surface area contributed by atoms with E-state index in [2.05, 4.69) is 230 Å². The number of nitrogens with zero attached hydrogens (tertiary/aromatic N) is 5. The van der Waals surface area contributed by atoms with E-state index >= 15 is 0 Å². The number of rotatable bonds is 6. The molecule has 0 radical (unpaired) electrons. The summed E-state index contributed by atoms with van der Waals surface area (Å²) in [4.78, 5) is 14.4. The molecule has 8 aromatic carbocycles. The minimum absolute atomic E-state index is 0. The smallest absolute Gasteiger partial charge is 0.135 e. The van der Waals surface area contributed by atoms with E-state index in [0.29, 0.717) is 11.5 Å². The van der Waals surface area contributed by atoms with Crippen molar-refractivity contribution in [3.05, 3.63) is 218 Å². The molecule has 0 spiro atoms. The predicted molar refractivity (Wildman–Crippen MR) is 279 cm³/mol. The van der Waals surface area contributed by atoms with Crippen LogP contribution in [-0.2, 0) is 31.9 Å². The molecular weight excluding hydrogens is 1050 g/mol. The van der Waals surface area contributed by atoms with Gasteiger partial charge in [0.15, 0.2) is 0 Å². The topological polar surface area (TPSA) is 36.8 Å². The fourth-order valence-corrected chi connectivity index (χ4v) is 11.5. The van der Waals surface area contributed by atoms with E-state index in [9.17, 15) is 0 Å². The Hall–Kier alpha value is -7.05. The molecule has 0 fully saturated rings. The second-order valence-corrected chi connectivity index (χ2v) is 20.5. The van der Waals surface area contributed by atoms with Gasteiger partial charge in [0, 0.05) is 76.5 Å². The summed E-state index contributed by atoms with van der Waals surface area (Å²) < 4.78 is 8.95. The van der Waals surface area contributed by atoms with Crippen LogP contribution in [0.2, 0.25) is 0 Å². The number of fused-ring (bicyclic) bond motifs is 8. The summed E-state index contributed by atoms with van der Waals surface area (Å²) in [6.45, 7) is 13.6. The van der Waals surface area contributed by atoms with Crippen molar-refractivity contribution in [2.45, 2.75) is 55.2 Å². The van der Waals surface area contributed by atoms with Crippen molar-refractivity contribution < 1.29 is 25.8 Å². The van der Waals surface area contributed by atoms with Gasteiger partial charge in [0.2, 0.25) is 0 Å². The molecule has 340 valence electrons. The molecule has 0 saturated heterocycles. The number of ether oxygens (including phenoxy) is 1. The van der Waals surface area contributed by atoms with Crippen molar-refractivity contribution in [2.75, 3.05) is 14.7 Å². The second-order valence-electron chi connectivity index (χ2n) is 19.4. The van der Waals surface area contributed by atoms with Crippen molar-refractivity contribution in [1.29, 1.82) is 0 Å². The van der Waals surface area contributed by atoms with Crippen LogP contribution in [-0.4, -0.2) is 9.55 Å². The van der Waals surface area contributed by atoms with E-state index in [1.165, 1.54) is 49.1 Å². The summed E-state index contributed by atoms with van der Waals surface area (Å²) >= 11 is 1.85. The molecule has 0 N–H and O–H groups in total. The minimum Gasteiger partial charge on any atom is -0.509 e. The van der Waals surface area contributed by atoms with Crippen LogP contribution in [0, 0.1) is 18.8 Å². The first-order valence-corrected chi connectivity index (χ1v) is 24.0. The molecule has 3 aliphatic rings. The zero-order valence-electron chi connectivity index (χ0n) is 38.8. The molecule has 69 heavy (non-hydrogen) atoms. The summed E-state index contributed by atoms with van der Waals surface area (Å²) in [5, 5.41) is 2.21.